The number of hydrogen-bond donors (Lipinski definition) is 2. The highest BCUT2D eigenvalue weighted by Gasteiger charge is 2.41. The summed E-state index contributed by atoms with van der Waals surface area (Å²) < 4.78 is 5.14. The second kappa shape index (κ2) is 8.24. The molecule has 7 nitrogen and oxygen atoms in total. The van der Waals surface area contributed by atoms with Crippen LogP contribution in [0.3, 0.4) is 0 Å². The van der Waals surface area contributed by atoms with Gasteiger partial charge in [-0.1, -0.05) is 6.07 Å². The number of likely N-dealkylation sites (N-methyl/N-ethyl adjacent to an activating group) is 1. The molecule has 2 fully saturated rings. The van der Waals surface area contributed by atoms with Crippen molar-refractivity contribution in [3.8, 4) is 0 Å². The van der Waals surface area contributed by atoms with E-state index in [2.05, 4.69) is 10.2 Å². The number of likely N-dealkylation sites (tertiary alicyclic amines) is 2. The van der Waals surface area contributed by atoms with Gasteiger partial charge in [0, 0.05) is 37.4 Å². The lowest BCUT2D eigenvalue weighted by atomic mass is 9.71. The number of nitrogens with zero attached hydrogens (tertiary/aromatic N) is 2. The van der Waals surface area contributed by atoms with Crippen molar-refractivity contribution in [2.45, 2.75) is 32.3 Å². The van der Waals surface area contributed by atoms with Crippen LogP contribution in [0, 0.1) is 12.3 Å². The molecule has 1 spiro atoms. The van der Waals surface area contributed by atoms with Crippen LogP contribution in [0.25, 0.3) is 0 Å². The molecule has 2 aliphatic rings. The predicted octanol–water partition coefficient (Wildman–Crippen LogP) is 2.76. The number of carbonyl (C=O) groups is 2. The summed E-state index contributed by atoms with van der Waals surface area (Å²) >= 11 is 0. The number of anilines is 1. The molecule has 2 N–H and O–H groups in total. The number of benzene rings is 1. The van der Waals surface area contributed by atoms with Gasteiger partial charge in [0.1, 0.15) is 0 Å². The summed E-state index contributed by atoms with van der Waals surface area (Å²) in [7, 11) is 2.05. The Bertz CT molecular complexity index is 905. The quantitative estimate of drug-likeness (QED) is 0.811. The van der Waals surface area contributed by atoms with Crippen molar-refractivity contribution in [3.63, 3.8) is 0 Å². The first kappa shape index (κ1) is 20.6. The normalized spacial score (nSPS) is 21.6. The lowest BCUT2D eigenvalue weighted by Gasteiger charge is -2.48. The molecule has 7 heteroatoms. The monoisotopic (exact) mass is 411 g/mol. The van der Waals surface area contributed by atoms with E-state index in [9.17, 15) is 14.7 Å². The maximum Gasteiger partial charge on any atom is 0.291 e. The van der Waals surface area contributed by atoms with Gasteiger partial charge in [0.15, 0.2) is 5.76 Å². The first-order valence-electron chi connectivity index (χ1n) is 10.5. The van der Waals surface area contributed by atoms with Crippen molar-refractivity contribution in [2.24, 2.45) is 5.41 Å². The fourth-order valence-corrected chi connectivity index (χ4v) is 4.94. The van der Waals surface area contributed by atoms with Gasteiger partial charge in [0.05, 0.1) is 12.4 Å². The average Bonchev–Trinajstić information content (AvgIpc) is 3.24. The molecule has 0 bridgehead atoms. The molecule has 1 atom stereocenters. The van der Waals surface area contributed by atoms with Crippen molar-refractivity contribution < 1.29 is 19.1 Å². The average molecular weight is 412 g/mol. The van der Waals surface area contributed by atoms with Crippen molar-refractivity contribution in [3.05, 3.63) is 53.5 Å². The van der Waals surface area contributed by atoms with Gasteiger partial charge in [0.25, 0.3) is 11.8 Å². The van der Waals surface area contributed by atoms with Crippen LogP contribution in [-0.2, 0) is 0 Å². The van der Waals surface area contributed by atoms with Gasteiger partial charge in [-0.05, 0) is 68.5 Å². The minimum absolute atomic E-state index is 0.0128. The zero-order valence-corrected chi connectivity index (χ0v) is 17.6. The van der Waals surface area contributed by atoms with Crippen LogP contribution in [0.4, 0.5) is 5.69 Å². The number of furan rings is 1. The fourth-order valence-electron chi connectivity index (χ4n) is 4.94. The molecule has 2 amide bonds. The zero-order valence-electron chi connectivity index (χ0n) is 17.6. The fraction of sp³-hybridized carbons (Fsp3) is 0.478. The van der Waals surface area contributed by atoms with Crippen LogP contribution >= 0.6 is 0 Å². The number of β-amino-alcohol motifs (C(OH)–C–C–N with tert-alkyl or cyclic N) is 1. The third-order valence-corrected chi connectivity index (χ3v) is 6.47. The van der Waals surface area contributed by atoms with E-state index in [0.29, 0.717) is 24.3 Å². The van der Waals surface area contributed by atoms with E-state index < -0.39 is 0 Å². The molecule has 2 saturated heterocycles. The summed E-state index contributed by atoms with van der Waals surface area (Å²) in [5, 5.41) is 13.0. The lowest BCUT2D eigenvalue weighted by Crippen LogP contribution is -2.53. The second-order valence-electron chi connectivity index (χ2n) is 8.76. The Morgan fingerprint density at radius 3 is 2.63 bits per heavy atom. The molecular weight excluding hydrogens is 382 g/mol. The Morgan fingerprint density at radius 1 is 1.20 bits per heavy atom. The van der Waals surface area contributed by atoms with Crippen LogP contribution in [0.2, 0.25) is 0 Å². The van der Waals surface area contributed by atoms with Gasteiger partial charge in [-0.25, -0.2) is 0 Å². The number of carbonyl (C=O) groups excluding carboxylic acids is 2. The van der Waals surface area contributed by atoms with E-state index in [4.69, 9.17) is 4.42 Å². The number of nitrogens with one attached hydrogen (secondary N) is 1. The standard InChI is InChI=1S/C23H29N3O4/c1-16-18(5-3-6-19(16)24-21(28)20-7-4-12-30-20)22(29)26-10-8-23(9-11-26)13-17(27)14-25(2)15-23/h3-7,12,17,27H,8-11,13-15H2,1-2H3,(H,24,28). The molecule has 0 saturated carbocycles. The highest BCUT2D eigenvalue weighted by Crippen LogP contribution is 2.40. The van der Waals surface area contributed by atoms with Crippen molar-refractivity contribution >= 4 is 17.5 Å². The summed E-state index contributed by atoms with van der Waals surface area (Å²) in [6.45, 7) is 4.91. The van der Waals surface area contributed by atoms with Crippen LogP contribution < -0.4 is 5.32 Å². The number of aliphatic hydroxyl groups is 1. The molecule has 160 valence electrons. The summed E-state index contributed by atoms with van der Waals surface area (Å²) in [5.41, 5.74) is 2.05. The summed E-state index contributed by atoms with van der Waals surface area (Å²) in [5.74, 6) is -0.124. The van der Waals surface area contributed by atoms with E-state index in [0.717, 1.165) is 37.9 Å². The predicted molar refractivity (Wildman–Crippen MR) is 114 cm³/mol. The number of hydrogen-bond acceptors (Lipinski definition) is 5. The third-order valence-electron chi connectivity index (χ3n) is 6.47. The summed E-state index contributed by atoms with van der Waals surface area (Å²) in [6, 6.07) is 8.65. The second-order valence-corrected chi connectivity index (χ2v) is 8.76. The van der Waals surface area contributed by atoms with Crippen molar-refractivity contribution in [1.82, 2.24) is 9.80 Å². The number of piperidine rings is 2. The van der Waals surface area contributed by atoms with E-state index in [1.54, 1.807) is 24.3 Å². The van der Waals surface area contributed by atoms with Crippen LogP contribution in [0.5, 0.6) is 0 Å². The van der Waals surface area contributed by atoms with Gasteiger partial charge in [-0.2, -0.15) is 0 Å². The molecule has 30 heavy (non-hydrogen) atoms. The smallest absolute Gasteiger partial charge is 0.291 e. The number of amides is 2. The SMILES string of the molecule is Cc1c(NC(=O)c2ccco2)cccc1C(=O)N1CCC2(CC1)CC(O)CN(C)C2. The van der Waals surface area contributed by atoms with E-state index in [1.807, 2.05) is 24.9 Å². The van der Waals surface area contributed by atoms with Crippen molar-refractivity contribution in [1.29, 1.82) is 0 Å². The highest BCUT2D eigenvalue weighted by atomic mass is 16.3. The van der Waals surface area contributed by atoms with E-state index >= 15 is 0 Å². The molecule has 0 aliphatic carbocycles. The Morgan fingerprint density at radius 2 is 1.97 bits per heavy atom. The van der Waals surface area contributed by atoms with Crippen LogP contribution in [0.1, 0.15) is 45.7 Å². The highest BCUT2D eigenvalue weighted by molar-refractivity contribution is 6.04. The largest absolute Gasteiger partial charge is 0.459 e. The Hall–Kier alpha value is -2.64. The minimum Gasteiger partial charge on any atom is -0.459 e. The first-order valence-corrected chi connectivity index (χ1v) is 10.5. The molecule has 4 rings (SSSR count). The third kappa shape index (κ3) is 4.13. The molecule has 1 aromatic heterocycles. The molecule has 3 heterocycles. The zero-order chi connectivity index (χ0) is 21.3. The van der Waals surface area contributed by atoms with E-state index in [-0.39, 0.29) is 29.1 Å². The van der Waals surface area contributed by atoms with Gasteiger partial charge >= 0.3 is 0 Å². The van der Waals surface area contributed by atoms with Crippen molar-refractivity contribution in [2.75, 3.05) is 38.5 Å². The number of aliphatic hydroxyl groups excluding tert-OH is 1. The molecule has 2 aromatic rings. The molecule has 2 aliphatic heterocycles. The summed E-state index contributed by atoms with van der Waals surface area (Å²) in [4.78, 5) is 29.6. The van der Waals surface area contributed by atoms with Gasteiger partial charge in [0.2, 0.25) is 0 Å². The number of rotatable bonds is 3. The molecule has 1 aromatic carbocycles. The maximum absolute atomic E-state index is 13.2. The first-order chi connectivity index (χ1) is 14.4. The summed E-state index contributed by atoms with van der Waals surface area (Å²) in [6.07, 6.45) is 3.77. The Labute approximate surface area is 176 Å². The van der Waals surface area contributed by atoms with Gasteiger partial charge in [-0.3, -0.25) is 9.59 Å². The molecule has 1 unspecified atom stereocenters. The topological polar surface area (TPSA) is 86.0 Å². The Balaban J connectivity index is 1.45. The molecular formula is C23H29N3O4. The van der Waals surface area contributed by atoms with Gasteiger partial charge in [-0.15, -0.1) is 0 Å². The van der Waals surface area contributed by atoms with E-state index in [1.165, 1.54) is 6.26 Å². The van der Waals surface area contributed by atoms with Crippen LogP contribution in [0.15, 0.2) is 41.0 Å². The van der Waals surface area contributed by atoms with Crippen LogP contribution in [-0.4, -0.2) is 66.1 Å². The maximum atomic E-state index is 13.2. The Kier molecular flexibility index (Phi) is 5.66. The lowest BCUT2D eigenvalue weighted by molar-refractivity contribution is -0.0286. The van der Waals surface area contributed by atoms with Gasteiger partial charge < -0.3 is 24.6 Å². The minimum atomic E-state index is -0.340. The molecule has 0 radical (unpaired) electrons.